The molecule has 1 aromatic rings. The van der Waals surface area contributed by atoms with Gasteiger partial charge >= 0.3 is 5.97 Å². The molecule has 0 saturated carbocycles. The lowest BCUT2D eigenvalue weighted by Crippen LogP contribution is -2.38. The first kappa shape index (κ1) is 18.4. The number of carboxylic acid groups (broad SMARTS) is 1. The van der Waals surface area contributed by atoms with Crippen molar-refractivity contribution in [3.05, 3.63) is 33.4 Å². The zero-order valence-corrected chi connectivity index (χ0v) is 13.5. The predicted molar refractivity (Wildman–Crippen MR) is 82.8 cm³/mol. The molecular weight excluding hydrogens is 304 g/mol. The van der Waals surface area contributed by atoms with Crippen LogP contribution in [0.3, 0.4) is 0 Å². The van der Waals surface area contributed by atoms with Crippen LogP contribution in [-0.2, 0) is 4.79 Å². The Kier molecular flexibility index (Phi) is 6.06. The lowest BCUT2D eigenvalue weighted by Gasteiger charge is -2.23. The fourth-order valence-corrected chi connectivity index (χ4v) is 2.20. The van der Waals surface area contributed by atoms with Crippen molar-refractivity contribution in [1.29, 1.82) is 0 Å². The van der Waals surface area contributed by atoms with E-state index >= 15 is 0 Å². The maximum atomic E-state index is 12.6. The molecule has 0 saturated heterocycles. The van der Waals surface area contributed by atoms with Gasteiger partial charge < -0.3 is 14.7 Å². The van der Waals surface area contributed by atoms with E-state index in [2.05, 4.69) is 0 Å². The highest BCUT2D eigenvalue weighted by molar-refractivity contribution is 5.97. The summed E-state index contributed by atoms with van der Waals surface area (Å²) >= 11 is 0. The Morgan fingerprint density at radius 2 is 2.00 bits per heavy atom. The van der Waals surface area contributed by atoms with Gasteiger partial charge in [0.15, 0.2) is 0 Å². The lowest BCUT2D eigenvalue weighted by molar-refractivity contribution is -0.385. The van der Waals surface area contributed by atoms with Gasteiger partial charge in [0.2, 0.25) is 0 Å². The summed E-state index contributed by atoms with van der Waals surface area (Å²) in [6.45, 7) is 4.98. The highest BCUT2D eigenvalue weighted by Crippen LogP contribution is 2.30. The molecule has 126 valence electrons. The summed E-state index contributed by atoms with van der Waals surface area (Å²) in [5.74, 6) is -1.46. The molecule has 0 atom stereocenters. The van der Waals surface area contributed by atoms with Crippen LogP contribution in [-0.4, -0.2) is 47.0 Å². The van der Waals surface area contributed by atoms with Gasteiger partial charge in [-0.05, 0) is 18.9 Å². The Balaban J connectivity index is 3.30. The third-order valence-corrected chi connectivity index (χ3v) is 3.20. The van der Waals surface area contributed by atoms with E-state index in [1.54, 1.807) is 0 Å². The number of amides is 1. The van der Waals surface area contributed by atoms with E-state index in [1.165, 1.54) is 20.1 Å². The molecule has 8 heteroatoms. The molecule has 23 heavy (non-hydrogen) atoms. The molecule has 8 nitrogen and oxygen atoms in total. The Bertz CT molecular complexity index is 627. The highest BCUT2D eigenvalue weighted by atomic mass is 16.6. The normalized spacial score (nSPS) is 10.5. The third-order valence-electron chi connectivity index (χ3n) is 3.20. The second-order valence-electron chi connectivity index (χ2n) is 5.55. The van der Waals surface area contributed by atoms with Gasteiger partial charge in [-0.25, -0.2) is 0 Å². The number of hydrogen-bond donors (Lipinski definition) is 1. The summed E-state index contributed by atoms with van der Waals surface area (Å²) < 4.78 is 5.08. The monoisotopic (exact) mass is 324 g/mol. The van der Waals surface area contributed by atoms with Crippen LogP contribution in [0.4, 0.5) is 5.69 Å². The lowest BCUT2D eigenvalue weighted by atomic mass is 10.1. The van der Waals surface area contributed by atoms with Gasteiger partial charge in [0, 0.05) is 12.6 Å². The van der Waals surface area contributed by atoms with E-state index in [-0.39, 0.29) is 29.5 Å². The van der Waals surface area contributed by atoms with Crippen LogP contribution in [0.5, 0.6) is 5.75 Å². The average molecular weight is 324 g/mol. The van der Waals surface area contributed by atoms with Gasteiger partial charge in [0.25, 0.3) is 11.6 Å². The average Bonchev–Trinajstić information content (AvgIpc) is 2.44. The van der Waals surface area contributed by atoms with Crippen molar-refractivity contribution in [2.24, 2.45) is 5.92 Å². The molecule has 0 aliphatic heterocycles. The Hall–Kier alpha value is -2.64. The van der Waals surface area contributed by atoms with E-state index in [0.29, 0.717) is 5.56 Å². The molecule has 0 spiro atoms. The molecule has 0 fully saturated rings. The first-order valence-electron chi connectivity index (χ1n) is 7.01. The summed E-state index contributed by atoms with van der Waals surface area (Å²) in [6, 6.07) is 2.54. The molecule has 1 rings (SSSR count). The number of benzene rings is 1. The van der Waals surface area contributed by atoms with Gasteiger partial charge in [0.1, 0.15) is 12.3 Å². The molecular formula is C15H20N2O6. The van der Waals surface area contributed by atoms with E-state index in [4.69, 9.17) is 9.84 Å². The number of carbonyl (C=O) groups is 2. The van der Waals surface area contributed by atoms with Crippen molar-refractivity contribution in [3.8, 4) is 5.75 Å². The SMILES string of the molecule is COc1cc(C(=O)N(CC(=O)O)CC(C)C)cc([N+](=O)[O-])c1C. The third kappa shape index (κ3) is 4.67. The first-order valence-corrected chi connectivity index (χ1v) is 7.01. The molecule has 0 bridgehead atoms. The van der Waals surface area contributed by atoms with Crippen molar-refractivity contribution in [3.63, 3.8) is 0 Å². The van der Waals surface area contributed by atoms with Crippen LogP contribution in [0.25, 0.3) is 0 Å². The van der Waals surface area contributed by atoms with Gasteiger partial charge in [-0.2, -0.15) is 0 Å². The minimum atomic E-state index is -1.15. The molecule has 1 N–H and O–H groups in total. The number of rotatable bonds is 7. The van der Waals surface area contributed by atoms with E-state index < -0.39 is 23.3 Å². The molecule has 1 aromatic carbocycles. The van der Waals surface area contributed by atoms with Crippen LogP contribution in [0, 0.1) is 23.0 Å². The molecule has 0 unspecified atom stereocenters. The number of nitrogens with zero attached hydrogens (tertiary/aromatic N) is 2. The molecule has 0 radical (unpaired) electrons. The number of nitro groups is 1. The van der Waals surface area contributed by atoms with Crippen LogP contribution >= 0.6 is 0 Å². The van der Waals surface area contributed by atoms with Crippen molar-refractivity contribution in [2.45, 2.75) is 20.8 Å². The van der Waals surface area contributed by atoms with Crippen LogP contribution in [0.2, 0.25) is 0 Å². The smallest absolute Gasteiger partial charge is 0.323 e. The van der Waals surface area contributed by atoms with Gasteiger partial charge in [0.05, 0.1) is 23.2 Å². The number of aliphatic carboxylic acids is 1. The maximum Gasteiger partial charge on any atom is 0.323 e. The number of ether oxygens (including phenoxy) is 1. The zero-order chi connectivity index (χ0) is 17.7. The van der Waals surface area contributed by atoms with E-state index in [1.807, 2.05) is 13.8 Å². The number of nitro benzene ring substituents is 1. The standard InChI is InChI=1S/C15H20N2O6/c1-9(2)7-16(8-14(18)19)15(20)11-5-12(17(21)22)10(3)13(6-11)23-4/h5-6,9H,7-8H2,1-4H3,(H,18,19). The van der Waals surface area contributed by atoms with Crippen molar-refractivity contribution >= 4 is 17.6 Å². The van der Waals surface area contributed by atoms with Crippen molar-refractivity contribution in [1.82, 2.24) is 4.90 Å². The quantitative estimate of drug-likeness (QED) is 0.607. The molecule has 0 aromatic heterocycles. The Morgan fingerprint density at radius 3 is 2.43 bits per heavy atom. The molecule has 0 aliphatic rings. The van der Waals surface area contributed by atoms with Crippen LogP contribution < -0.4 is 4.74 Å². The maximum absolute atomic E-state index is 12.6. The largest absolute Gasteiger partial charge is 0.496 e. The van der Waals surface area contributed by atoms with Gasteiger partial charge in [-0.15, -0.1) is 0 Å². The van der Waals surface area contributed by atoms with Crippen LogP contribution in [0.15, 0.2) is 12.1 Å². The van der Waals surface area contributed by atoms with E-state index in [0.717, 1.165) is 11.0 Å². The zero-order valence-electron chi connectivity index (χ0n) is 13.5. The minimum Gasteiger partial charge on any atom is -0.496 e. The fourth-order valence-electron chi connectivity index (χ4n) is 2.20. The number of hydrogen-bond acceptors (Lipinski definition) is 5. The van der Waals surface area contributed by atoms with Gasteiger partial charge in [-0.1, -0.05) is 13.8 Å². The topological polar surface area (TPSA) is 110 Å². The first-order chi connectivity index (χ1) is 10.7. The molecule has 0 aliphatic carbocycles. The number of methoxy groups -OCH3 is 1. The summed E-state index contributed by atoms with van der Waals surface area (Å²) in [5, 5.41) is 20.1. The van der Waals surface area contributed by atoms with E-state index in [9.17, 15) is 19.7 Å². The van der Waals surface area contributed by atoms with Crippen LogP contribution in [0.1, 0.15) is 29.8 Å². The second kappa shape index (κ2) is 7.57. The van der Waals surface area contributed by atoms with Crippen molar-refractivity contribution < 1.29 is 24.4 Å². The van der Waals surface area contributed by atoms with Gasteiger partial charge in [-0.3, -0.25) is 19.7 Å². The Morgan fingerprint density at radius 1 is 1.39 bits per heavy atom. The predicted octanol–water partition coefficient (Wildman–Crippen LogP) is 2.09. The second-order valence-corrected chi connectivity index (χ2v) is 5.55. The summed E-state index contributed by atoms with van der Waals surface area (Å²) in [6.07, 6.45) is 0. The minimum absolute atomic E-state index is 0.0288. The molecule has 0 heterocycles. The van der Waals surface area contributed by atoms with Crippen molar-refractivity contribution in [2.75, 3.05) is 20.2 Å². The fraction of sp³-hybridized carbons (Fsp3) is 0.467. The number of carbonyl (C=O) groups excluding carboxylic acids is 1. The Labute approximate surface area is 133 Å². The summed E-state index contributed by atoms with van der Waals surface area (Å²) in [7, 11) is 1.35. The summed E-state index contributed by atoms with van der Waals surface area (Å²) in [5.41, 5.74) is 0.0938. The number of carboxylic acids is 1. The highest BCUT2D eigenvalue weighted by Gasteiger charge is 2.24. The molecule has 1 amide bonds. The summed E-state index contributed by atoms with van der Waals surface area (Å²) in [4.78, 5) is 35.2.